The van der Waals surface area contributed by atoms with E-state index in [1.54, 1.807) is 19.1 Å². The molecule has 242 valence electrons. The minimum Gasteiger partial charge on any atom is -0.493 e. The lowest BCUT2D eigenvalue weighted by Crippen LogP contribution is -2.53. The van der Waals surface area contributed by atoms with Crippen LogP contribution in [0.4, 0.5) is 5.69 Å². The third kappa shape index (κ3) is 8.57. The Bertz CT molecular complexity index is 1550. The number of ether oxygens (including phenoxy) is 2. The Kier molecular flexibility index (Phi) is 11.5. The summed E-state index contributed by atoms with van der Waals surface area (Å²) in [7, 11) is -1.35. The molecule has 0 bridgehead atoms. The predicted octanol–water partition coefficient (Wildman–Crippen LogP) is 5.42. The molecule has 0 heterocycles. The van der Waals surface area contributed by atoms with Gasteiger partial charge in [0.15, 0.2) is 11.5 Å². The minimum absolute atomic E-state index is 0.0500. The van der Waals surface area contributed by atoms with Gasteiger partial charge in [0, 0.05) is 18.7 Å². The van der Waals surface area contributed by atoms with E-state index in [1.165, 1.54) is 37.3 Å². The zero-order valence-corrected chi connectivity index (χ0v) is 27.7. The van der Waals surface area contributed by atoms with Crippen LogP contribution in [0.25, 0.3) is 0 Å². The molecule has 0 radical (unpaired) electrons. The SMILES string of the molecule is COc1ccc(S(=O)(=O)N(CC(=O)N(CCc2ccccc2)C(C)C(=O)NC2CCCCC2)c2cc(C)cc(C)c2)cc1OC. The van der Waals surface area contributed by atoms with Gasteiger partial charge in [-0.25, -0.2) is 8.42 Å². The van der Waals surface area contributed by atoms with E-state index < -0.39 is 28.5 Å². The lowest BCUT2D eigenvalue weighted by Gasteiger charge is -2.33. The summed E-state index contributed by atoms with van der Waals surface area (Å²) in [6, 6.07) is 18.8. The summed E-state index contributed by atoms with van der Waals surface area (Å²) in [4.78, 5) is 29.2. The average Bonchev–Trinajstić information content (AvgIpc) is 3.03. The fraction of sp³-hybridized carbons (Fsp3) is 0.429. The van der Waals surface area contributed by atoms with Crippen molar-refractivity contribution in [3.05, 3.63) is 83.4 Å². The standard InChI is InChI=1S/C35H45N3O6S/c1-25-20-26(2)22-30(21-25)38(45(41,42)31-16-17-32(43-4)33(23-31)44-5)24-34(39)37(19-18-28-12-8-6-9-13-28)27(3)35(40)36-29-14-10-7-11-15-29/h6,8-9,12-13,16-17,20-23,27,29H,7,10-11,14-15,18-19,24H2,1-5H3,(H,36,40). The molecule has 0 aliphatic heterocycles. The number of carbonyl (C=O) groups is 2. The number of anilines is 1. The largest absolute Gasteiger partial charge is 0.493 e. The lowest BCUT2D eigenvalue weighted by atomic mass is 9.95. The Balaban J connectivity index is 1.70. The van der Waals surface area contributed by atoms with Gasteiger partial charge in [0.2, 0.25) is 11.8 Å². The number of hydrogen-bond donors (Lipinski definition) is 1. The molecule has 9 nitrogen and oxygen atoms in total. The molecular weight excluding hydrogens is 590 g/mol. The average molecular weight is 636 g/mol. The van der Waals surface area contributed by atoms with Gasteiger partial charge >= 0.3 is 0 Å². The van der Waals surface area contributed by atoms with Gasteiger partial charge in [-0.1, -0.05) is 55.7 Å². The second-order valence-corrected chi connectivity index (χ2v) is 13.6. The molecule has 0 spiro atoms. The molecule has 0 saturated heterocycles. The van der Waals surface area contributed by atoms with E-state index in [2.05, 4.69) is 5.32 Å². The summed E-state index contributed by atoms with van der Waals surface area (Å²) in [5, 5.41) is 3.14. The first-order valence-electron chi connectivity index (χ1n) is 15.5. The van der Waals surface area contributed by atoms with Crippen molar-refractivity contribution >= 4 is 27.5 Å². The second-order valence-electron chi connectivity index (χ2n) is 11.7. The van der Waals surface area contributed by atoms with E-state index in [9.17, 15) is 18.0 Å². The lowest BCUT2D eigenvalue weighted by molar-refractivity contribution is -0.139. The Morgan fingerprint density at radius 3 is 2.16 bits per heavy atom. The van der Waals surface area contributed by atoms with E-state index in [0.717, 1.165) is 53.1 Å². The van der Waals surface area contributed by atoms with Gasteiger partial charge in [-0.2, -0.15) is 0 Å². The highest BCUT2D eigenvalue weighted by molar-refractivity contribution is 7.92. The van der Waals surface area contributed by atoms with Gasteiger partial charge in [0.1, 0.15) is 12.6 Å². The summed E-state index contributed by atoms with van der Waals surface area (Å²) < 4.78 is 40.4. The summed E-state index contributed by atoms with van der Waals surface area (Å²) in [5.74, 6) is -0.0671. The highest BCUT2D eigenvalue weighted by atomic mass is 32.2. The van der Waals surface area contributed by atoms with Crippen molar-refractivity contribution in [2.45, 2.75) is 76.3 Å². The number of carbonyl (C=O) groups excluding carboxylic acids is 2. The molecule has 1 unspecified atom stereocenters. The van der Waals surface area contributed by atoms with Gasteiger partial charge in [-0.3, -0.25) is 13.9 Å². The molecule has 0 aromatic heterocycles. The summed E-state index contributed by atoms with van der Waals surface area (Å²) in [5.41, 5.74) is 3.08. The first-order valence-corrected chi connectivity index (χ1v) is 16.9. The van der Waals surface area contributed by atoms with Crippen molar-refractivity contribution in [1.29, 1.82) is 0 Å². The minimum atomic E-state index is -4.26. The number of hydrogen-bond acceptors (Lipinski definition) is 6. The topological polar surface area (TPSA) is 105 Å². The third-order valence-electron chi connectivity index (χ3n) is 8.32. The normalized spacial score (nSPS) is 14.3. The molecule has 1 N–H and O–H groups in total. The molecule has 45 heavy (non-hydrogen) atoms. The zero-order chi connectivity index (χ0) is 32.6. The van der Waals surface area contributed by atoms with Crippen LogP contribution in [0.15, 0.2) is 71.6 Å². The first kappa shape index (κ1) is 33.8. The fourth-order valence-corrected chi connectivity index (χ4v) is 7.28. The smallest absolute Gasteiger partial charge is 0.264 e. The number of methoxy groups -OCH3 is 2. The second kappa shape index (κ2) is 15.3. The third-order valence-corrected chi connectivity index (χ3v) is 10.1. The molecule has 2 amide bonds. The number of nitrogens with zero attached hydrogens (tertiary/aromatic N) is 2. The van der Waals surface area contributed by atoms with Crippen molar-refractivity contribution in [2.75, 3.05) is 31.6 Å². The van der Waals surface area contributed by atoms with Crippen LogP contribution in [0.3, 0.4) is 0 Å². The van der Waals surface area contributed by atoms with Gasteiger partial charge in [-0.15, -0.1) is 0 Å². The van der Waals surface area contributed by atoms with Gasteiger partial charge < -0.3 is 19.7 Å². The van der Waals surface area contributed by atoms with Crippen LogP contribution in [0, 0.1) is 13.8 Å². The molecule has 1 fully saturated rings. The van der Waals surface area contributed by atoms with Crippen molar-refractivity contribution in [2.24, 2.45) is 0 Å². The molecule has 1 aliphatic rings. The molecule has 10 heteroatoms. The van der Waals surface area contributed by atoms with E-state index in [1.807, 2.05) is 50.2 Å². The van der Waals surface area contributed by atoms with Crippen molar-refractivity contribution < 1.29 is 27.5 Å². The van der Waals surface area contributed by atoms with Crippen LogP contribution in [-0.2, 0) is 26.0 Å². The number of aryl methyl sites for hydroxylation is 2. The molecule has 4 rings (SSSR count). The van der Waals surface area contributed by atoms with Crippen LogP contribution in [0.1, 0.15) is 55.7 Å². The molecular formula is C35H45N3O6S. The zero-order valence-electron chi connectivity index (χ0n) is 26.9. The molecule has 1 aliphatic carbocycles. The van der Waals surface area contributed by atoms with Crippen LogP contribution >= 0.6 is 0 Å². The molecule has 1 saturated carbocycles. The Morgan fingerprint density at radius 1 is 0.889 bits per heavy atom. The van der Waals surface area contributed by atoms with E-state index in [4.69, 9.17) is 9.47 Å². The molecule has 3 aromatic rings. The van der Waals surface area contributed by atoms with Crippen molar-refractivity contribution in [1.82, 2.24) is 10.2 Å². The summed E-state index contributed by atoms with van der Waals surface area (Å²) in [6.45, 7) is 5.23. The van der Waals surface area contributed by atoms with E-state index in [0.29, 0.717) is 17.9 Å². The highest BCUT2D eigenvalue weighted by Gasteiger charge is 2.33. The first-order chi connectivity index (χ1) is 21.5. The number of sulfonamides is 1. The van der Waals surface area contributed by atoms with Crippen molar-refractivity contribution in [3.8, 4) is 11.5 Å². The van der Waals surface area contributed by atoms with Crippen LogP contribution in [0.2, 0.25) is 0 Å². The predicted molar refractivity (Wildman–Crippen MR) is 176 cm³/mol. The maximum Gasteiger partial charge on any atom is 0.264 e. The molecule has 1 atom stereocenters. The molecule has 3 aromatic carbocycles. The number of amides is 2. The summed E-state index contributed by atoms with van der Waals surface area (Å²) >= 11 is 0. The maximum atomic E-state index is 14.3. The maximum absolute atomic E-state index is 14.3. The van der Waals surface area contributed by atoms with Crippen LogP contribution in [-0.4, -0.2) is 64.5 Å². The van der Waals surface area contributed by atoms with E-state index >= 15 is 0 Å². The Hall–Kier alpha value is -4.05. The monoisotopic (exact) mass is 635 g/mol. The van der Waals surface area contributed by atoms with Gasteiger partial charge in [-0.05, 0) is 81.0 Å². The quantitative estimate of drug-likeness (QED) is 0.269. The van der Waals surface area contributed by atoms with Gasteiger partial charge in [0.05, 0.1) is 24.8 Å². The fourth-order valence-electron chi connectivity index (χ4n) is 5.87. The van der Waals surface area contributed by atoms with Crippen LogP contribution < -0.4 is 19.1 Å². The van der Waals surface area contributed by atoms with Crippen LogP contribution in [0.5, 0.6) is 11.5 Å². The van der Waals surface area contributed by atoms with Crippen molar-refractivity contribution in [3.63, 3.8) is 0 Å². The number of benzene rings is 3. The number of rotatable bonds is 13. The van der Waals surface area contributed by atoms with E-state index in [-0.39, 0.29) is 29.1 Å². The summed E-state index contributed by atoms with van der Waals surface area (Å²) in [6.07, 6.45) is 5.64. The Labute approximate surface area is 267 Å². The highest BCUT2D eigenvalue weighted by Crippen LogP contribution is 2.33. The van der Waals surface area contributed by atoms with Gasteiger partial charge in [0.25, 0.3) is 10.0 Å². The number of nitrogens with one attached hydrogen (secondary N) is 1. The Morgan fingerprint density at radius 2 is 1.53 bits per heavy atom.